The van der Waals surface area contributed by atoms with Crippen molar-refractivity contribution < 1.29 is 9.47 Å². The molecule has 1 saturated carbocycles. The molecule has 0 heterocycles. The Morgan fingerprint density at radius 2 is 2.17 bits per heavy atom. The lowest BCUT2D eigenvalue weighted by Crippen LogP contribution is -2.22. The summed E-state index contributed by atoms with van der Waals surface area (Å²) in [6, 6.07) is 8.69. The fourth-order valence-electron chi connectivity index (χ4n) is 2.03. The molecular weight excluding hydrogens is 226 g/mol. The van der Waals surface area contributed by atoms with Crippen LogP contribution < -0.4 is 10.1 Å². The molecular formula is C15H23NO2. The topological polar surface area (TPSA) is 30.5 Å². The molecule has 0 radical (unpaired) electrons. The highest BCUT2D eigenvalue weighted by atomic mass is 16.5. The average Bonchev–Trinajstić information content (AvgIpc) is 3.19. The third kappa shape index (κ3) is 3.72. The van der Waals surface area contributed by atoms with Gasteiger partial charge in [-0.2, -0.15) is 0 Å². The zero-order valence-corrected chi connectivity index (χ0v) is 11.5. The van der Waals surface area contributed by atoms with Crippen molar-refractivity contribution in [2.45, 2.75) is 44.4 Å². The predicted molar refractivity (Wildman–Crippen MR) is 73.0 cm³/mol. The lowest BCUT2D eigenvalue weighted by Gasteiger charge is -2.20. The minimum Gasteiger partial charge on any atom is -0.490 e. The first kappa shape index (κ1) is 13.4. The van der Waals surface area contributed by atoms with Gasteiger partial charge in [0.2, 0.25) is 0 Å². The largest absolute Gasteiger partial charge is 0.490 e. The Bertz CT molecular complexity index is 377. The second-order valence-corrected chi connectivity index (χ2v) is 5.01. The van der Waals surface area contributed by atoms with Gasteiger partial charge in [0.05, 0.1) is 12.2 Å². The van der Waals surface area contributed by atoms with Gasteiger partial charge in [-0.05, 0) is 50.9 Å². The number of ether oxygens (including phenoxy) is 2. The maximum atomic E-state index is 5.83. The van der Waals surface area contributed by atoms with Gasteiger partial charge in [0.15, 0.2) is 0 Å². The fraction of sp³-hybridized carbons (Fsp3) is 0.600. The molecule has 1 aliphatic rings. The molecule has 18 heavy (non-hydrogen) atoms. The van der Waals surface area contributed by atoms with Crippen LogP contribution in [0.4, 0.5) is 0 Å². The van der Waals surface area contributed by atoms with Gasteiger partial charge < -0.3 is 14.8 Å². The molecule has 0 bridgehead atoms. The molecule has 0 amide bonds. The smallest absolute Gasteiger partial charge is 0.120 e. The second kappa shape index (κ2) is 6.21. The molecule has 3 nitrogen and oxygen atoms in total. The van der Waals surface area contributed by atoms with Crippen molar-refractivity contribution >= 4 is 0 Å². The zero-order valence-electron chi connectivity index (χ0n) is 11.5. The van der Waals surface area contributed by atoms with E-state index in [0.717, 1.165) is 12.2 Å². The van der Waals surface area contributed by atoms with E-state index < -0.39 is 0 Å². The highest BCUT2D eigenvalue weighted by molar-refractivity contribution is 5.31. The molecule has 1 aromatic rings. The standard InChI is InChI=1S/C15H23NO2/c1-11(17-3)9-15(16-2)12-5-4-6-14(10-12)18-13-7-8-13/h4-6,10-11,13,15-16H,7-9H2,1-3H3. The molecule has 0 spiro atoms. The molecule has 2 unspecified atom stereocenters. The molecule has 0 aliphatic heterocycles. The molecule has 100 valence electrons. The van der Waals surface area contributed by atoms with Crippen molar-refractivity contribution in [2.75, 3.05) is 14.2 Å². The summed E-state index contributed by atoms with van der Waals surface area (Å²) in [6.07, 6.45) is 4.04. The Balaban J connectivity index is 2.03. The maximum Gasteiger partial charge on any atom is 0.120 e. The summed E-state index contributed by atoms with van der Waals surface area (Å²) < 4.78 is 11.2. The van der Waals surface area contributed by atoms with Crippen LogP contribution in [0, 0.1) is 0 Å². The van der Waals surface area contributed by atoms with E-state index in [2.05, 4.69) is 30.4 Å². The summed E-state index contributed by atoms with van der Waals surface area (Å²) in [4.78, 5) is 0. The number of methoxy groups -OCH3 is 1. The van der Waals surface area contributed by atoms with Gasteiger partial charge in [-0.15, -0.1) is 0 Å². The van der Waals surface area contributed by atoms with E-state index in [4.69, 9.17) is 9.47 Å². The first-order chi connectivity index (χ1) is 8.72. The van der Waals surface area contributed by atoms with Gasteiger partial charge >= 0.3 is 0 Å². The molecule has 1 aromatic carbocycles. The van der Waals surface area contributed by atoms with Crippen molar-refractivity contribution in [2.24, 2.45) is 0 Å². The average molecular weight is 249 g/mol. The zero-order chi connectivity index (χ0) is 13.0. The number of hydrogen-bond acceptors (Lipinski definition) is 3. The maximum absolute atomic E-state index is 5.83. The van der Waals surface area contributed by atoms with E-state index in [1.54, 1.807) is 7.11 Å². The van der Waals surface area contributed by atoms with Crippen LogP contribution in [0.15, 0.2) is 24.3 Å². The Hall–Kier alpha value is -1.06. The predicted octanol–water partition coefficient (Wildman–Crippen LogP) is 2.91. The van der Waals surface area contributed by atoms with E-state index in [1.165, 1.54) is 18.4 Å². The van der Waals surface area contributed by atoms with Gasteiger partial charge in [0.25, 0.3) is 0 Å². The van der Waals surface area contributed by atoms with Gasteiger partial charge in [0, 0.05) is 13.2 Å². The quantitative estimate of drug-likeness (QED) is 0.806. The van der Waals surface area contributed by atoms with Gasteiger partial charge in [0.1, 0.15) is 5.75 Å². The van der Waals surface area contributed by atoms with E-state index in [-0.39, 0.29) is 6.10 Å². The van der Waals surface area contributed by atoms with Crippen molar-refractivity contribution in [3.05, 3.63) is 29.8 Å². The van der Waals surface area contributed by atoms with E-state index in [0.29, 0.717) is 12.1 Å². The van der Waals surface area contributed by atoms with Crippen LogP contribution in [0.5, 0.6) is 5.75 Å². The molecule has 1 fully saturated rings. The summed E-state index contributed by atoms with van der Waals surface area (Å²) in [5, 5.41) is 3.34. The summed E-state index contributed by atoms with van der Waals surface area (Å²) in [7, 11) is 3.74. The highest BCUT2D eigenvalue weighted by Crippen LogP contribution is 2.29. The molecule has 0 saturated heterocycles. The van der Waals surface area contributed by atoms with E-state index in [1.807, 2.05) is 13.1 Å². The number of rotatable bonds is 7. The third-order valence-corrected chi connectivity index (χ3v) is 3.41. The first-order valence-corrected chi connectivity index (χ1v) is 6.69. The Kier molecular flexibility index (Phi) is 4.61. The number of hydrogen-bond donors (Lipinski definition) is 1. The minimum atomic E-state index is 0.246. The van der Waals surface area contributed by atoms with E-state index >= 15 is 0 Å². The van der Waals surface area contributed by atoms with Crippen LogP contribution >= 0.6 is 0 Å². The monoisotopic (exact) mass is 249 g/mol. The SMILES string of the molecule is CNC(CC(C)OC)c1cccc(OC2CC2)c1. The molecule has 1 aliphatic carbocycles. The summed E-state index contributed by atoms with van der Waals surface area (Å²) in [5.41, 5.74) is 1.26. The minimum absolute atomic E-state index is 0.246. The fourth-order valence-corrected chi connectivity index (χ4v) is 2.03. The lowest BCUT2D eigenvalue weighted by molar-refractivity contribution is 0.101. The van der Waals surface area contributed by atoms with E-state index in [9.17, 15) is 0 Å². The molecule has 2 atom stereocenters. The van der Waals surface area contributed by atoms with Gasteiger partial charge in [-0.25, -0.2) is 0 Å². The molecule has 3 heteroatoms. The first-order valence-electron chi connectivity index (χ1n) is 6.69. The van der Waals surface area contributed by atoms with Gasteiger partial charge in [-0.3, -0.25) is 0 Å². The highest BCUT2D eigenvalue weighted by Gasteiger charge is 2.23. The van der Waals surface area contributed by atoms with Crippen LogP contribution in [-0.2, 0) is 4.74 Å². The summed E-state index contributed by atoms with van der Waals surface area (Å²) in [5.74, 6) is 0.986. The second-order valence-electron chi connectivity index (χ2n) is 5.01. The van der Waals surface area contributed by atoms with Gasteiger partial charge in [-0.1, -0.05) is 12.1 Å². The van der Waals surface area contributed by atoms with Crippen LogP contribution in [-0.4, -0.2) is 26.4 Å². The Morgan fingerprint density at radius 3 is 2.78 bits per heavy atom. The van der Waals surface area contributed by atoms with Crippen molar-refractivity contribution in [1.82, 2.24) is 5.32 Å². The van der Waals surface area contributed by atoms with Crippen molar-refractivity contribution in [3.63, 3.8) is 0 Å². The Labute approximate surface area is 109 Å². The lowest BCUT2D eigenvalue weighted by atomic mass is 10.0. The van der Waals surface area contributed by atoms with Crippen LogP contribution in [0.25, 0.3) is 0 Å². The third-order valence-electron chi connectivity index (χ3n) is 3.41. The van der Waals surface area contributed by atoms with Crippen LogP contribution in [0.3, 0.4) is 0 Å². The molecule has 2 rings (SSSR count). The van der Waals surface area contributed by atoms with Crippen molar-refractivity contribution in [3.8, 4) is 5.75 Å². The Morgan fingerprint density at radius 1 is 1.39 bits per heavy atom. The molecule has 0 aromatic heterocycles. The molecule has 1 N–H and O–H groups in total. The van der Waals surface area contributed by atoms with Crippen molar-refractivity contribution in [1.29, 1.82) is 0 Å². The number of benzene rings is 1. The van der Waals surface area contributed by atoms with Crippen LogP contribution in [0.2, 0.25) is 0 Å². The summed E-state index contributed by atoms with van der Waals surface area (Å²) >= 11 is 0. The normalized spacial score (nSPS) is 18.4. The summed E-state index contributed by atoms with van der Waals surface area (Å²) in [6.45, 7) is 2.09. The van der Waals surface area contributed by atoms with Crippen LogP contribution in [0.1, 0.15) is 37.8 Å². The number of nitrogens with one attached hydrogen (secondary N) is 1.